The van der Waals surface area contributed by atoms with Crippen molar-refractivity contribution in [3.63, 3.8) is 0 Å². The summed E-state index contributed by atoms with van der Waals surface area (Å²) in [6.45, 7) is -0.292. The summed E-state index contributed by atoms with van der Waals surface area (Å²) in [6, 6.07) is 1.26. The third-order valence-corrected chi connectivity index (χ3v) is 4.84. The molecule has 0 radical (unpaired) electrons. The van der Waals surface area contributed by atoms with Crippen LogP contribution in [-0.2, 0) is 10.0 Å². The summed E-state index contributed by atoms with van der Waals surface area (Å²) in [5.74, 6) is 5.08. The molecule has 0 amide bonds. The van der Waals surface area contributed by atoms with Gasteiger partial charge in [0, 0.05) is 24.0 Å². The topological polar surface area (TPSA) is 99.5 Å². The summed E-state index contributed by atoms with van der Waals surface area (Å²) in [5, 5.41) is 18.1. The van der Waals surface area contributed by atoms with E-state index in [2.05, 4.69) is 21.5 Å². The molecule has 0 saturated heterocycles. The van der Waals surface area contributed by atoms with Gasteiger partial charge in [-0.3, -0.25) is 4.98 Å². The Kier molecular flexibility index (Phi) is 5.31. The lowest BCUT2D eigenvalue weighted by Gasteiger charge is -2.25. The van der Waals surface area contributed by atoms with Gasteiger partial charge < -0.3 is 10.2 Å². The lowest BCUT2D eigenvalue weighted by atomic mass is 9.94. The molecule has 0 spiro atoms. The third kappa shape index (κ3) is 4.51. The summed E-state index contributed by atoms with van der Waals surface area (Å²) >= 11 is 0. The molecule has 0 aromatic carbocycles. The maximum absolute atomic E-state index is 12.3. The van der Waals surface area contributed by atoms with Gasteiger partial charge >= 0.3 is 0 Å². The van der Waals surface area contributed by atoms with Crippen molar-refractivity contribution in [1.29, 1.82) is 0 Å². The highest BCUT2D eigenvalue weighted by Crippen LogP contribution is 2.20. The van der Waals surface area contributed by atoms with Crippen molar-refractivity contribution >= 4 is 10.0 Å². The second-order valence-corrected chi connectivity index (χ2v) is 6.71. The standard InChI is InChI=1S/C14H18N2O4S/c17-7-1-2-11-8-14(10-15-9-11)21(19,20)16-12-3-5-13(18)6-4-12/h8-10,12-13,16-18H,3-7H2. The number of aliphatic hydroxyl groups excluding tert-OH is 2. The van der Waals surface area contributed by atoms with Crippen LogP contribution in [0.25, 0.3) is 0 Å². The van der Waals surface area contributed by atoms with Crippen LogP contribution in [0.3, 0.4) is 0 Å². The first kappa shape index (κ1) is 15.9. The number of pyridine rings is 1. The minimum absolute atomic E-state index is 0.0540. The van der Waals surface area contributed by atoms with Gasteiger partial charge in [0.15, 0.2) is 0 Å². The lowest BCUT2D eigenvalue weighted by molar-refractivity contribution is 0.120. The van der Waals surface area contributed by atoms with E-state index in [0.717, 1.165) is 0 Å². The van der Waals surface area contributed by atoms with Crippen molar-refractivity contribution in [2.45, 2.75) is 42.7 Å². The Balaban J connectivity index is 2.12. The number of nitrogens with zero attached hydrogens (tertiary/aromatic N) is 1. The van der Waals surface area contributed by atoms with Crippen molar-refractivity contribution < 1.29 is 18.6 Å². The second-order valence-electron chi connectivity index (χ2n) is 5.00. The van der Waals surface area contributed by atoms with E-state index < -0.39 is 10.0 Å². The van der Waals surface area contributed by atoms with Gasteiger partial charge in [-0.05, 0) is 31.7 Å². The zero-order chi connectivity index (χ0) is 15.3. The fraction of sp³-hybridized carbons (Fsp3) is 0.500. The quantitative estimate of drug-likeness (QED) is 0.683. The Bertz CT molecular complexity index is 640. The van der Waals surface area contributed by atoms with Crippen LogP contribution in [-0.4, -0.2) is 42.4 Å². The molecule has 1 fully saturated rings. The number of hydrogen-bond donors (Lipinski definition) is 3. The van der Waals surface area contributed by atoms with E-state index in [1.165, 1.54) is 18.5 Å². The largest absolute Gasteiger partial charge is 0.393 e. The number of rotatable bonds is 3. The predicted octanol–water partition coefficient (Wildman–Crippen LogP) is 0.00720. The maximum atomic E-state index is 12.3. The van der Waals surface area contributed by atoms with Crippen LogP contribution in [0.1, 0.15) is 31.2 Å². The molecule has 21 heavy (non-hydrogen) atoms. The predicted molar refractivity (Wildman–Crippen MR) is 76.8 cm³/mol. The second kappa shape index (κ2) is 7.00. The average Bonchev–Trinajstić information content (AvgIpc) is 2.48. The molecule has 0 atom stereocenters. The van der Waals surface area contributed by atoms with Gasteiger partial charge in [-0.1, -0.05) is 11.8 Å². The summed E-state index contributed by atoms with van der Waals surface area (Å²) in [6.07, 6.45) is 4.84. The zero-order valence-electron chi connectivity index (χ0n) is 11.5. The van der Waals surface area contributed by atoms with Crippen LogP contribution in [0.4, 0.5) is 0 Å². The highest BCUT2D eigenvalue weighted by atomic mass is 32.2. The van der Waals surface area contributed by atoms with Gasteiger partial charge in [-0.25, -0.2) is 13.1 Å². The van der Waals surface area contributed by atoms with Crippen molar-refractivity contribution in [1.82, 2.24) is 9.71 Å². The van der Waals surface area contributed by atoms with Crippen molar-refractivity contribution in [3.05, 3.63) is 24.0 Å². The lowest BCUT2D eigenvalue weighted by Crippen LogP contribution is -2.38. The van der Waals surface area contributed by atoms with E-state index in [1.807, 2.05) is 0 Å². The highest BCUT2D eigenvalue weighted by Gasteiger charge is 2.25. The van der Waals surface area contributed by atoms with Crippen LogP contribution in [0.5, 0.6) is 0 Å². The summed E-state index contributed by atoms with van der Waals surface area (Å²) < 4.78 is 27.2. The Hall–Kier alpha value is -1.46. The minimum Gasteiger partial charge on any atom is -0.393 e. The smallest absolute Gasteiger partial charge is 0.242 e. The van der Waals surface area contributed by atoms with E-state index in [1.54, 1.807) is 0 Å². The Morgan fingerprint density at radius 2 is 2.00 bits per heavy atom. The molecule has 1 aromatic heterocycles. The molecule has 1 aliphatic carbocycles. The SMILES string of the molecule is O=S(=O)(NC1CCC(O)CC1)c1cncc(C#CCO)c1. The zero-order valence-corrected chi connectivity index (χ0v) is 12.3. The average molecular weight is 310 g/mol. The Morgan fingerprint density at radius 3 is 2.67 bits per heavy atom. The number of aromatic nitrogens is 1. The minimum atomic E-state index is -3.65. The summed E-state index contributed by atoms with van der Waals surface area (Å²) in [5.41, 5.74) is 0.436. The molecular formula is C14H18N2O4S. The number of aliphatic hydroxyl groups is 2. The molecule has 1 heterocycles. The molecule has 1 aromatic rings. The van der Waals surface area contributed by atoms with E-state index in [4.69, 9.17) is 5.11 Å². The van der Waals surface area contributed by atoms with Gasteiger partial charge in [0.2, 0.25) is 10.0 Å². The maximum Gasteiger partial charge on any atom is 0.242 e. The van der Waals surface area contributed by atoms with Crippen LogP contribution in [0, 0.1) is 11.8 Å². The van der Waals surface area contributed by atoms with Crippen LogP contribution < -0.4 is 4.72 Å². The molecular weight excluding hydrogens is 292 g/mol. The highest BCUT2D eigenvalue weighted by molar-refractivity contribution is 7.89. The molecule has 0 bridgehead atoms. The first-order valence-corrected chi connectivity index (χ1v) is 8.25. The molecule has 1 aliphatic rings. The molecule has 7 heteroatoms. The molecule has 2 rings (SSSR count). The fourth-order valence-electron chi connectivity index (χ4n) is 2.26. The molecule has 6 nitrogen and oxygen atoms in total. The first-order chi connectivity index (χ1) is 10.0. The molecule has 3 N–H and O–H groups in total. The summed E-state index contributed by atoms with van der Waals surface area (Å²) in [7, 11) is -3.65. The Morgan fingerprint density at radius 1 is 1.29 bits per heavy atom. The van der Waals surface area contributed by atoms with E-state index in [0.29, 0.717) is 31.2 Å². The van der Waals surface area contributed by atoms with E-state index in [9.17, 15) is 13.5 Å². The summed E-state index contributed by atoms with van der Waals surface area (Å²) in [4.78, 5) is 3.92. The first-order valence-electron chi connectivity index (χ1n) is 6.76. The molecule has 0 aliphatic heterocycles. The Labute approximate surface area is 124 Å². The van der Waals surface area contributed by atoms with Gasteiger partial charge in [-0.15, -0.1) is 0 Å². The number of nitrogens with one attached hydrogen (secondary N) is 1. The van der Waals surface area contributed by atoms with E-state index >= 15 is 0 Å². The number of hydrogen-bond acceptors (Lipinski definition) is 5. The van der Waals surface area contributed by atoms with Crippen molar-refractivity contribution in [2.75, 3.05) is 6.61 Å². The van der Waals surface area contributed by atoms with Crippen LogP contribution >= 0.6 is 0 Å². The van der Waals surface area contributed by atoms with Crippen molar-refractivity contribution in [2.24, 2.45) is 0 Å². The fourth-order valence-corrected chi connectivity index (χ4v) is 3.55. The van der Waals surface area contributed by atoms with Crippen molar-refractivity contribution in [3.8, 4) is 11.8 Å². The molecule has 114 valence electrons. The number of sulfonamides is 1. The monoisotopic (exact) mass is 310 g/mol. The van der Waals surface area contributed by atoms with Crippen LogP contribution in [0.2, 0.25) is 0 Å². The third-order valence-electron chi connectivity index (χ3n) is 3.35. The molecule has 0 unspecified atom stereocenters. The van der Waals surface area contributed by atoms with Crippen LogP contribution in [0.15, 0.2) is 23.4 Å². The normalized spacial score (nSPS) is 22.4. The van der Waals surface area contributed by atoms with E-state index in [-0.39, 0.29) is 23.6 Å². The molecule has 1 saturated carbocycles. The van der Waals surface area contributed by atoms with Gasteiger partial charge in [0.05, 0.1) is 6.10 Å². The van der Waals surface area contributed by atoms with Gasteiger partial charge in [0.25, 0.3) is 0 Å². The van der Waals surface area contributed by atoms with Gasteiger partial charge in [0.1, 0.15) is 11.5 Å². The van der Waals surface area contributed by atoms with Gasteiger partial charge in [-0.2, -0.15) is 0 Å².